The van der Waals surface area contributed by atoms with E-state index in [9.17, 15) is 13.2 Å². The third-order valence-electron chi connectivity index (χ3n) is 3.87. The first-order valence-corrected chi connectivity index (χ1v) is 6.42. The van der Waals surface area contributed by atoms with Crippen LogP contribution in [-0.2, 0) is 0 Å². The topological polar surface area (TPSA) is 30.5 Å². The van der Waals surface area contributed by atoms with E-state index in [1.54, 1.807) is 6.07 Å². The van der Waals surface area contributed by atoms with Gasteiger partial charge in [-0.3, -0.25) is 0 Å². The fourth-order valence-electron chi connectivity index (χ4n) is 2.49. The molecule has 1 N–H and O–H groups in total. The zero-order valence-corrected chi connectivity index (χ0v) is 11.6. The highest BCUT2D eigenvalue weighted by atomic mass is 19.4. The standard InChI is InChI=1S/C14H18F3NO2/c1-13(2)11(18-3)8-12(13)19-9-6-4-5-7-10(9)20-14(15,16)17/h4-7,11-12,18H,8H2,1-3H3. The summed E-state index contributed by atoms with van der Waals surface area (Å²) in [6, 6.07) is 6.15. The average molecular weight is 289 g/mol. The van der Waals surface area contributed by atoms with Crippen molar-refractivity contribution in [1.29, 1.82) is 0 Å². The number of rotatable bonds is 4. The summed E-state index contributed by atoms with van der Waals surface area (Å²) in [4.78, 5) is 0. The molecule has 3 nitrogen and oxygen atoms in total. The summed E-state index contributed by atoms with van der Waals surface area (Å²) in [7, 11) is 1.86. The second-order valence-corrected chi connectivity index (χ2v) is 5.50. The van der Waals surface area contributed by atoms with Crippen LogP contribution < -0.4 is 14.8 Å². The van der Waals surface area contributed by atoms with E-state index in [-0.39, 0.29) is 23.0 Å². The van der Waals surface area contributed by atoms with Crippen LogP contribution in [0.2, 0.25) is 0 Å². The molecule has 1 fully saturated rings. The van der Waals surface area contributed by atoms with Gasteiger partial charge in [0.05, 0.1) is 0 Å². The molecule has 0 aromatic heterocycles. The lowest BCUT2D eigenvalue weighted by molar-refractivity contribution is -0.275. The molecule has 2 rings (SSSR count). The Kier molecular flexibility index (Phi) is 3.86. The van der Waals surface area contributed by atoms with Gasteiger partial charge in [0.1, 0.15) is 6.10 Å². The summed E-state index contributed by atoms with van der Waals surface area (Å²) in [6.07, 6.45) is -4.11. The minimum absolute atomic E-state index is 0.123. The molecule has 0 aliphatic heterocycles. The highest BCUT2D eigenvalue weighted by Crippen LogP contribution is 2.44. The number of hydrogen-bond donors (Lipinski definition) is 1. The summed E-state index contributed by atoms with van der Waals surface area (Å²) in [5.41, 5.74) is -0.139. The second-order valence-electron chi connectivity index (χ2n) is 5.50. The van der Waals surface area contributed by atoms with Gasteiger partial charge < -0.3 is 14.8 Å². The number of hydrogen-bond acceptors (Lipinski definition) is 3. The van der Waals surface area contributed by atoms with Gasteiger partial charge in [-0.15, -0.1) is 13.2 Å². The number of alkyl halides is 3. The van der Waals surface area contributed by atoms with Gasteiger partial charge in [0, 0.05) is 17.9 Å². The Morgan fingerprint density at radius 2 is 1.80 bits per heavy atom. The van der Waals surface area contributed by atoms with Gasteiger partial charge in [-0.1, -0.05) is 26.0 Å². The molecule has 0 radical (unpaired) electrons. The summed E-state index contributed by atoms with van der Waals surface area (Å²) in [5, 5.41) is 3.17. The zero-order chi connectivity index (χ0) is 15.0. The van der Waals surface area contributed by atoms with Crippen LogP contribution in [0, 0.1) is 5.41 Å². The molecule has 1 aliphatic carbocycles. The van der Waals surface area contributed by atoms with E-state index >= 15 is 0 Å². The van der Waals surface area contributed by atoms with Crippen LogP contribution in [0.1, 0.15) is 20.3 Å². The quantitative estimate of drug-likeness (QED) is 0.922. The highest BCUT2D eigenvalue weighted by molar-refractivity contribution is 5.40. The van der Waals surface area contributed by atoms with Crippen LogP contribution in [0.4, 0.5) is 13.2 Å². The number of nitrogens with one attached hydrogen (secondary N) is 1. The number of para-hydroxylation sites is 2. The Bertz CT molecular complexity index is 474. The van der Waals surface area contributed by atoms with Crippen molar-refractivity contribution in [3.8, 4) is 11.5 Å². The van der Waals surface area contributed by atoms with Gasteiger partial charge in [0.15, 0.2) is 11.5 Å². The predicted molar refractivity (Wildman–Crippen MR) is 68.8 cm³/mol. The van der Waals surface area contributed by atoms with Gasteiger partial charge in [-0.05, 0) is 19.2 Å². The van der Waals surface area contributed by atoms with Crippen LogP contribution in [0.3, 0.4) is 0 Å². The average Bonchev–Trinajstić information content (AvgIpc) is 2.34. The second kappa shape index (κ2) is 5.16. The van der Waals surface area contributed by atoms with E-state index in [2.05, 4.69) is 10.1 Å². The zero-order valence-electron chi connectivity index (χ0n) is 11.6. The van der Waals surface area contributed by atoms with Crippen molar-refractivity contribution in [3.63, 3.8) is 0 Å². The molecule has 0 saturated heterocycles. The van der Waals surface area contributed by atoms with E-state index < -0.39 is 6.36 Å². The summed E-state index contributed by atoms with van der Waals surface area (Å²) < 4.78 is 46.7. The molecular weight excluding hydrogens is 271 g/mol. The van der Waals surface area contributed by atoms with E-state index in [1.807, 2.05) is 20.9 Å². The lowest BCUT2D eigenvalue weighted by Crippen LogP contribution is -2.61. The van der Waals surface area contributed by atoms with Crippen molar-refractivity contribution in [1.82, 2.24) is 5.32 Å². The SMILES string of the molecule is CNC1CC(Oc2ccccc2OC(F)(F)F)C1(C)C. The first-order valence-electron chi connectivity index (χ1n) is 6.42. The molecule has 0 bridgehead atoms. The van der Waals surface area contributed by atoms with Crippen molar-refractivity contribution in [2.24, 2.45) is 5.41 Å². The van der Waals surface area contributed by atoms with Gasteiger partial charge in [0.25, 0.3) is 0 Å². The highest BCUT2D eigenvalue weighted by Gasteiger charge is 2.49. The normalized spacial score (nSPS) is 24.9. The largest absolute Gasteiger partial charge is 0.573 e. The Hall–Kier alpha value is -1.43. The smallest absolute Gasteiger partial charge is 0.486 e. The van der Waals surface area contributed by atoms with E-state index in [4.69, 9.17) is 4.74 Å². The first-order chi connectivity index (χ1) is 9.24. The van der Waals surface area contributed by atoms with Crippen molar-refractivity contribution in [2.45, 2.75) is 38.8 Å². The van der Waals surface area contributed by atoms with E-state index in [0.717, 1.165) is 6.42 Å². The molecule has 1 saturated carbocycles. The van der Waals surface area contributed by atoms with Gasteiger partial charge in [-0.25, -0.2) is 0 Å². The van der Waals surface area contributed by atoms with Gasteiger partial charge in [0.2, 0.25) is 0 Å². The van der Waals surface area contributed by atoms with Gasteiger partial charge >= 0.3 is 6.36 Å². The maximum Gasteiger partial charge on any atom is 0.573 e. The number of ether oxygens (including phenoxy) is 2. The van der Waals surface area contributed by atoms with Crippen LogP contribution in [-0.4, -0.2) is 25.6 Å². The molecule has 0 amide bonds. The van der Waals surface area contributed by atoms with Gasteiger partial charge in [-0.2, -0.15) is 0 Å². The molecule has 0 spiro atoms. The monoisotopic (exact) mass is 289 g/mol. The predicted octanol–water partition coefficient (Wildman–Crippen LogP) is 3.35. The molecule has 1 aromatic carbocycles. The fraction of sp³-hybridized carbons (Fsp3) is 0.571. The molecule has 1 aromatic rings. The third kappa shape index (κ3) is 3.00. The van der Waals surface area contributed by atoms with Crippen LogP contribution in [0.25, 0.3) is 0 Å². The van der Waals surface area contributed by atoms with E-state index in [0.29, 0.717) is 6.04 Å². The maximum absolute atomic E-state index is 12.3. The lowest BCUT2D eigenvalue weighted by Gasteiger charge is -2.51. The van der Waals surface area contributed by atoms with Crippen molar-refractivity contribution in [3.05, 3.63) is 24.3 Å². The summed E-state index contributed by atoms with van der Waals surface area (Å²) in [6.45, 7) is 4.05. The molecule has 0 heterocycles. The summed E-state index contributed by atoms with van der Waals surface area (Å²) >= 11 is 0. The fourth-order valence-corrected chi connectivity index (χ4v) is 2.49. The molecule has 6 heteroatoms. The third-order valence-corrected chi connectivity index (χ3v) is 3.87. The molecule has 2 unspecified atom stereocenters. The molecule has 112 valence electrons. The Morgan fingerprint density at radius 3 is 2.30 bits per heavy atom. The minimum atomic E-state index is -4.72. The van der Waals surface area contributed by atoms with Crippen molar-refractivity contribution >= 4 is 0 Å². The Balaban J connectivity index is 2.11. The first kappa shape index (κ1) is 15.0. The minimum Gasteiger partial charge on any atom is -0.486 e. The molecule has 2 atom stereocenters. The molecular formula is C14H18F3NO2. The van der Waals surface area contributed by atoms with Crippen molar-refractivity contribution < 1.29 is 22.6 Å². The number of benzene rings is 1. The van der Waals surface area contributed by atoms with E-state index in [1.165, 1.54) is 18.2 Å². The number of halogens is 3. The Labute approximate surface area is 116 Å². The summed E-state index contributed by atoms with van der Waals surface area (Å²) in [5.74, 6) is -0.179. The maximum atomic E-state index is 12.3. The van der Waals surface area contributed by atoms with Crippen molar-refractivity contribution in [2.75, 3.05) is 7.05 Å². The Morgan fingerprint density at radius 1 is 1.20 bits per heavy atom. The molecule has 1 aliphatic rings. The lowest BCUT2D eigenvalue weighted by atomic mass is 9.64. The van der Waals surface area contributed by atoms with Crippen LogP contribution in [0.15, 0.2) is 24.3 Å². The molecule has 20 heavy (non-hydrogen) atoms. The van der Waals surface area contributed by atoms with Crippen LogP contribution in [0.5, 0.6) is 11.5 Å². The van der Waals surface area contributed by atoms with Crippen LogP contribution >= 0.6 is 0 Å².